The Morgan fingerprint density at radius 1 is 1.56 bits per heavy atom. The summed E-state index contributed by atoms with van der Waals surface area (Å²) in [5, 5.41) is 0.192. The smallest absolute Gasteiger partial charge is 0.383 e. The molecule has 7 heteroatoms. The van der Waals surface area contributed by atoms with E-state index in [1.165, 1.54) is 12.3 Å². The highest BCUT2D eigenvalue weighted by atomic mass is 35.5. The van der Waals surface area contributed by atoms with Gasteiger partial charge < -0.3 is 9.47 Å². The fourth-order valence-corrected chi connectivity index (χ4v) is 1.24. The molecular weight excluding hydrogens is 276 g/mol. The third-order valence-corrected chi connectivity index (χ3v) is 2.21. The molecule has 1 aromatic rings. The molecule has 88 valence electrons. The molecule has 0 amide bonds. The first-order valence-electron chi connectivity index (χ1n) is 4.32. The summed E-state index contributed by atoms with van der Waals surface area (Å²) in [4.78, 5) is 15.1. The fraction of sp³-hybridized carbons (Fsp3) is 0.333. The van der Waals surface area contributed by atoms with Crippen molar-refractivity contribution in [3.05, 3.63) is 23.4 Å². The third kappa shape index (κ3) is 3.40. The highest BCUT2D eigenvalue weighted by molar-refractivity contribution is 6.56. The minimum Gasteiger partial charge on any atom is -0.461 e. The minimum atomic E-state index is -2.16. The number of rotatable bonds is 4. The number of hydrogen-bond acceptors (Lipinski definition) is 4. The van der Waals surface area contributed by atoms with Crippen molar-refractivity contribution in [2.75, 3.05) is 6.61 Å². The minimum absolute atomic E-state index is 0.0396. The van der Waals surface area contributed by atoms with E-state index in [1.54, 1.807) is 13.0 Å². The quantitative estimate of drug-likeness (QED) is 0.630. The molecular formula is C9H8Cl3NO3. The van der Waals surface area contributed by atoms with E-state index in [1.807, 2.05) is 0 Å². The zero-order valence-electron chi connectivity index (χ0n) is 8.25. The molecule has 0 saturated carbocycles. The van der Waals surface area contributed by atoms with Crippen LogP contribution in [0.5, 0.6) is 5.88 Å². The van der Waals surface area contributed by atoms with Gasteiger partial charge in [0.25, 0.3) is 0 Å². The van der Waals surface area contributed by atoms with Crippen molar-refractivity contribution in [2.24, 2.45) is 0 Å². The number of esters is 1. The highest BCUT2D eigenvalue weighted by Crippen LogP contribution is 2.30. The van der Waals surface area contributed by atoms with Gasteiger partial charge in [0.1, 0.15) is 5.02 Å². The molecule has 0 aliphatic carbocycles. The number of halogens is 3. The number of pyridine rings is 1. The molecule has 4 nitrogen and oxygen atoms in total. The van der Waals surface area contributed by atoms with Gasteiger partial charge >= 0.3 is 10.5 Å². The van der Waals surface area contributed by atoms with Crippen molar-refractivity contribution in [1.82, 2.24) is 4.98 Å². The number of alkyl halides is 2. The summed E-state index contributed by atoms with van der Waals surface area (Å²) in [6.45, 7) is 1.76. The molecule has 1 heterocycles. The number of aromatic nitrogens is 1. The van der Waals surface area contributed by atoms with Crippen molar-refractivity contribution < 1.29 is 14.3 Å². The van der Waals surface area contributed by atoms with Crippen LogP contribution in [-0.4, -0.2) is 22.1 Å². The van der Waals surface area contributed by atoms with Crippen LogP contribution in [0.3, 0.4) is 0 Å². The maximum Gasteiger partial charge on any atom is 0.383 e. The Hall–Kier alpha value is -0.710. The second kappa shape index (κ2) is 5.57. The van der Waals surface area contributed by atoms with Gasteiger partial charge in [0.15, 0.2) is 0 Å². The summed E-state index contributed by atoms with van der Waals surface area (Å²) in [6.07, 6.45) is 1.43. The molecule has 0 bridgehead atoms. The van der Waals surface area contributed by atoms with Crippen molar-refractivity contribution >= 4 is 40.8 Å². The normalized spacial score (nSPS) is 11.0. The van der Waals surface area contributed by atoms with Gasteiger partial charge in [-0.1, -0.05) is 11.6 Å². The first-order chi connectivity index (χ1) is 7.47. The van der Waals surface area contributed by atoms with E-state index in [2.05, 4.69) is 9.72 Å². The third-order valence-electron chi connectivity index (χ3n) is 1.46. The molecule has 0 N–H and O–H groups in total. The molecule has 0 radical (unpaired) electrons. The van der Waals surface area contributed by atoms with Crippen LogP contribution in [0.15, 0.2) is 18.3 Å². The summed E-state index contributed by atoms with van der Waals surface area (Å²) < 4.78 is 7.42. The Balaban J connectivity index is 2.80. The van der Waals surface area contributed by atoms with Crippen molar-refractivity contribution in [3.63, 3.8) is 0 Å². The van der Waals surface area contributed by atoms with Gasteiger partial charge in [0, 0.05) is 6.20 Å². The number of hydrogen-bond donors (Lipinski definition) is 0. The molecule has 0 aliphatic rings. The van der Waals surface area contributed by atoms with Crippen molar-refractivity contribution in [1.29, 1.82) is 0 Å². The Morgan fingerprint density at radius 3 is 2.81 bits per heavy atom. The van der Waals surface area contributed by atoms with Gasteiger partial charge in [0.05, 0.1) is 6.61 Å². The standard InChI is InChI=1S/C9H8Cl3NO3/c1-2-15-8(14)9(11,12)16-7-6(10)4-3-5-13-7/h3-5H,2H2,1H3. The average Bonchev–Trinajstić information content (AvgIpc) is 2.21. The monoisotopic (exact) mass is 283 g/mol. The van der Waals surface area contributed by atoms with E-state index in [-0.39, 0.29) is 17.5 Å². The molecule has 1 rings (SSSR count). The van der Waals surface area contributed by atoms with Crippen molar-refractivity contribution in [3.8, 4) is 5.88 Å². The summed E-state index contributed by atoms with van der Waals surface area (Å²) >= 11 is 17.0. The van der Waals surface area contributed by atoms with Crippen LogP contribution in [0, 0.1) is 0 Å². The zero-order valence-corrected chi connectivity index (χ0v) is 10.5. The molecule has 0 aliphatic heterocycles. The molecule has 1 aromatic heterocycles. The van der Waals surface area contributed by atoms with Crippen LogP contribution in [0.2, 0.25) is 5.02 Å². The van der Waals surface area contributed by atoms with Gasteiger partial charge in [-0.25, -0.2) is 9.78 Å². The Morgan fingerprint density at radius 2 is 2.25 bits per heavy atom. The van der Waals surface area contributed by atoms with Crippen LogP contribution in [0.1, 0.15) is 6.92 Å². The fourth-order valence-electron chi connectivity index (χ4n) is 0.824. The first kappa shape index (κ1) is 13.4. The largest absolute Gasteiger partial charge is 0.461 e. The summed E-state index contributed by atoms with van der Waals surface area (Å²) in [7, 11) is 0. The van der Waals surface area contributed by atoms with E-state index in [0.717, 1.165) is 0 Å². The zero-order chi connectivity index (χ0) is 12.2. The lowest BCUT2D eigenvalue weighted by Crippen LogP contribution is -2.34. The maximum atomic E-state index is 11.3. The summed E-state index contributed by atoms with van der Waals surface area (Å²) in [6, 6.07) is 3.13. The molecule has 0 fully saturated rings. The van der Waals surface area contributed by atoms with E-state index in [9.17, 15) is 4.79 Å². The lowest BCUT2D eigenvalue weighted by molar-refractivity contribution is -0.149. The number of carbonyl (C=O) groups excluding carboxylic acids is 1. The second-order valence-corrected chi connectivity index (χ2v) is 4.29. The molecule has 0 spiro atoms. The second-order valence-electron chi connectivity index (χ2n) is 2.63. The predicted octanol–water partition coefficient (Wildman–Crippen LogP) is 2.81. The number of ether oxygens (including phenoxy) is 2. The maximum absolute atomic E-state index is 11.3. The first-order valence-corrected chi connectivity index (χ1v) is 5.45. The summed E-state index contributed by atoms with van der Waals surface area (Å²) in [5.41, 5.74) is 0. The van der Waals surface area contributed by atoms with E-state index in [4.69, 9.17) is 39.5 Å². The number of nitrogens with zero attached hydrogens (tertiary/aromatic N) is 1. The van der Waals surface area contributed by atoms with Gasteiger partial charge in [-0.3, -0.25) is 0 Å². The van der Waals surface area contributed by atoms with Gasteiger partial charge in [-0.05, 0) is 42.3 Å². The molecule has 0 saturated heterocycles. The molecule has 0 atom stereocenters. The van der Waals surface area contributed by atoms with Crippen LogP contribution >= 0.6 is 34.8 Å². The Bertz CT molecular complexity index is 384. The predicted molar refractivity (Wildman–Crippen MR) is 60.9 cm³/mol. The van der Waals surface area contributed by atoms with E-state index >= 15 is 0 Å². The molecule has 16 heavy (non-hydrogen) atoms. The summed E-state index contributed by atoms with van der Waals surface area (Å²) in [5.74, 6) is -0.956. The van der Waals surface area contributed by atoms with Gasteiger partial charge in [-0.15, -0.1) is 0 Å². The lowest BCUT2D eigenvalue weighted by atomic mass is 10.5. The van der Waals surface area contributed by atoms with Crippen LogP contribution in [0.25, 0.3) is 0 Å². The van der Waals surface area contributed by atoms with Crippen molar-refractivity contribution in [2.45, 2.75) is 11.4 Å². The Kier molecular flexibility index (Phi) is 4.65. The molecule has 0 aromatic carbocycles. The van der Waals surface area contributed by atoms with Gasteiger partial charge in [-0.2, -0.15) is 0 Å². The van der Waals surface area contributed by atoms with E-state index < -0.39 is 10.5 Å². The average molecular weight is 285 g/mol. The highest BCUT2D eigenvalue weighted by Gasteiger charge is 2.39. The van der Waals surface area contributed by atoms with Crippen LogP contribution in [-0.2, 0) is 9.53 Å². The lowest BCUT2D eigenvalue weighted by Gasteiger charge is -2.18. The van der Waals surface area contributed by atoms with Crippen LogP contribution < -0.4 is 4.74 Å². The Labute approximate surface area is 107 Å². The van der Waals surface area contributed by atoms with Crippen LogP contribution in [0.4, 0.5) is 0 Å². The number of carbonyl (C=O) groups is 1. The topological polar surface area (TPSA) is 48.4 Å². The van der Waals surface area contributed by atoms with E-state index in [0.29, 0.717) is 0 Å². The molecule has 0 unspecified atom stereocenters. The van der Waals surface area contributed by atoms with Gasteiger partial charge in [0.2, 0.25) is 5.88 Å². The SMILES string of the molecule is CCOC(=O)C(Cl)(Cl)Oc1ncccc1Cl.